The van der Waals surface area contributed by atoms with E-state index in [1.54, 1.807) is 6.07 Å². The van der Waals surface area contributed by atoms with Gasteiger partial charge in [0.05, 0.1) is 10.6 Å². The van der Waals surface area contributed by atoms with Crippen molar-refractivity contribution in [3.63, 3.8) is 0 Å². The zero-order chi connectivity index (χ0) is 18.6. The summed E-state index contributed by atoms with van der Waals surface area (Å²) >= 11 is 5.69. The second kappa shape index (κ2) is 7.69. The second-order valence-corrected chi connectivity index (χ2v) is 5.39. The summed E-state index contributed by atoms with van der Waals surface area (Å²) in [5.41, 5.74) is 0.191. The molecule has 0 radical (unpaired) electrons. The standard InChI is InChI=1S/C16H11ClF5NO2/c17-12-6-14(19)13(18)5-11(12)15(24)23-7-9-2-1-3-10(4-9)25-8-16(20,21)22/h1-6H,7-8H2,(H,23,24). The second-order valence-electron chi connectivity index (χ2n) is 4.98. The number of ether oxygens (including phenoxy) is 1. The van der Waals surface area contributed by atoms with Crippen molar-refractivity contribution in [2.45, 2.75) is 12.7 Å². The van der Waals surface area contributed by atoms with Gasteiger partial charge in [-0.2, -0.15) is 13.2 Å². The van der Waals surface area contributed by atoms with E-state index >= 15 is 0 Å². The van der Waals surface area contributed by atoms with Gasteiger partial charge in [0.1, 0.15) is 5.75 Å². The summed E-state index contributed by atoms with van der Waals surface area (Å²) in [5, 5.41) is 2.15. The van der Waals surface area contributed by atoms with Crippen LogP contribution in [0.1, 0.15) is 15.9 Å². The summed E-state index contributed by atoms with van der Waals surface area (Å²) in [5.74, 6) is -3.19. The highest BCUT2D eigenvalue weighted by Gasteiger charge is 2.28. The van der Waals surface area contributed by atoms with Gasteiger partial charge >= 0.3 is 6.18 Å². The fourth-order valence-electron chi connectivity index (χ4n) is 1.88. The van der Waals surface area contributed by atoms with Crippen LogP contribution in [0.3, 0.4) is 0 Å². The van der Waals surface area contributed by atoms with Crippen molar-refractivity contribution in [2.75, 3.05) is 6.61 Å². The van der Waals surface area contributed by atoms with E-state index in [-0.39, 0.29) is 22.9 Å². The van der Waals surface area contributed by atoms with Gasteiger partial charge in [-0.3, -0.25) is 4.79 Å². The molecule has 0 bridgehead atoms. The Morgan fingerprint density at radius 3 is 2.48 bits per heavy atom. The minimum atomic E-state index is -4.46. The number of rotatable bonds is 5. The van der Waals surface area contributed by atoms with Crippen molar-refractivity contribution < 1.29 is 31.5 Å². The summed E-state index contributed by atoms with van der Waals surface area (Å²) in [6, 6.07) is 7.00. The van der Waals surface area contributed by atoms with Crippen molar-refractivity contribution in [3.05, 3.63) is 64.2 Å². The van der Waals surface area contributed by atoms with E-state index in [1.165, 1.54) is 18.2 Å². The highest BCUT2D eigenvalue weighted by atomic mass is 35.5. The van der Waals surface area contributed by atoms with Gasteiger partial charge in [-0.25, -0.2) is 8.78 Å². The quantitative estimate of drug-likeness (QED) is 0.614. The number of benzene rings is 2. The molecule has 0 aliphatic heterocycles. The molecule has 0 saturated heterocycles. The number of alkyl halides is 3. The Balaban J connectivity index is 2.01. The van der Waals surface area contributed by atoms with Crippen LogP contribution in [0.2, 0.25) is 5.02 Å². The Morgan fingerprint density at radius 1 is 1.12 bits per heavy atom. The summed E-state index contributed by atoms with van der Waals surface area (Å²) in [4.78, 5) is 12.0. The van der Waals surface area contributed by atoms with Crippen LogP contribution in [-0.4, -0.2) is 18.7 Å². The van der Waals surface area contributed by atoms with E-state index in [0.717, 1.165) is 0 Å². The first-order valence-electron chi connectivity index (χ1n) is 6.87. The Kier molecular flexibility index (Phi) is 5.84. The number of carbonyl (C=O) groups excluding carboxylic acids is 1. The summed E-state index contributed by atoms with van der Waals surface area (Å²) in [7, 11) is 0. The average Bonchev–Trinajstić information content (AvgIpc) is 2.54. The van der Waals surface area contributed by atoms with E-state index in [1.807, 2.05) is 0 Å². The number of halogens is 6. The molecule has 0 saturated carbocycles. The zero-order valence-electron chi connectivity index (χ0n) is 12.5. The predicted octanol–water partition coefficient (Wildman–Crippen LogP) is 4.49. The Morgan fingerprint density at radius 2 is 1.80 bits per heavy atom. The van der Waals surface area contributed by atoms with Crippen molar-refractivity contribution in [1.82, 2.24) is 5.32 Å². The first-order valence-corrected chi connectivity index (χ1v) is 7.25. The SMILES string of the molecule is O=C(NCc1cccc(OCC(F)(F)F)c1)c1cc(F)c(F)cc1Cl. The number of nitrogens with one attached hydrogen (secondary N) is 1. The molecule has 25 heavy (non-hydrogen) atoms. The zero-order valence-corrected chi connectivity index (χ0v) is 13.2. The number of hydrogen-bond donors (Lipinski definition) is 1. The van der Waals surface area contributed by atoms with E-state index in [0.29, 0.717) is 17.7 Å². The summed E-state index contributed by atoms with van der Waals surface area (Å²) in [6.07, 6.45) is -4.46. The van der Waals surface area contributed by atoms with Gasteiger partial charge in [0.2, 0.25) is 0 Å². The molecule has 0 spiro atoms. The smallest absolute Gasteiger partial charge is 0.422 e. The van der Waals surface area contributed by atoms with Crippen LogP contribution in [0, 0.1) is 11.6 Å². The minimum absolute atomic E-state index is 0.0186. The molecule has 2 aromatic rings. The summed E-state index contributed by atoms with van der Waals surface area (Å²) in [6.45, 7) is -1.51. The third-order valence-electron chi connectivity index (χ3n) is 3.01. The van der Waals surface area contributed by atoms with Gasteiger partial charge in [-0.15, -0.1) is 0 Å². The fourth-order valence-corrected chi connectivity index (χ4v) is 2.12. The van der Waals surface area contributed by atoms with Crippen LogP contribution in [0.4, 0.5) is 22.0 Å². The number of amides is 1. The third kappa shape index (κ3) is 5.60. The molecule has 0 fully saturated rings. The van der Waals surface area contributed by atoms with Gasteiger partial charge in [-0.05, 0) is 29.8 Å². The molecule has 2 aromatic carbocycles. The topological polar surface area (TPSA) is 38.3 Å². The molecular weight excluding hydrogens is 369 g/mol. The van der Waals surface area contributed by atoms with Gasteiger partial charge in [0.15, 0.2) is 18.2 Å². The first-order chi connectivity index (χ1) is 11.7. The molecule has 0 aliphatic rings. The average molecular weight is 380 g/mol. The van der Waals surface area contributed by atoms with Crippen LogP contribution in [0.15, 0.2) is 36.4 Å². The van der Waals surface area contributed by atoms with Gasteiger partial charge in [0.25, 0.3) is 5.91 Å². The lowest BCUT2D eigenvalue weighted by Crippen LogP contribution is -2.23. The molecule has 1 N–H and O–H groups in total. The van der Waals surface area contributed by atoms with Gasteiger partial charge < -0.3 is 10.1 Å². The number of hydrogen-bond acceptors (Lipinski definition) is 2. The van der Waals surface area contributed by atoms with E-state index < -0.39 is 30.3 Å². The molecule has 0 unspecified atom stereocenters. The molecule has 1 amide bonds. The maximum absolute atomic E-state index is 13.2. The van der Waals surface area contributed by atoms with Crippen molar-refractivity contribution >= 4 is 17.5 Å². The normalized spacial score (nSPS) is 11.3. The Bertz CT molecular complexity index is 780. The van der Waals surface area contributed by atoms with Crippen molar-refractivity contribution in [1.29, 1.82) is 0 Å². The maximum Gasteiger partial charge on any atom is 0.422 e. The molecule has 0 atom stereocenters. The molecule has 0 aliphatic carbocycles. The van der Waals surface area contributed by atoms with Crippen LogP contribution in [0.5, 0.6) is 5.75 Å². The van der Waals surface area contributed by atoms with Crippen LogP contribution < -0.4 is 10.1 Å². The van der Waals surface area contributed by atoms with E-state index in [2.05, 4.69) is 10.1 Å². The Hall–Kier alpha value is -2.35. The van der Waals surface area contributed by atoms with Crippen LogP contribution in [0.25, 0.3) is 0 Å². The van der Waals surface area contributed by atoms with Crippen molar-refractivity contribution in [2.24, 2.45) is 0 Å². The third-order valence-corrected chi connectivity index (χ3v) is 3.32. The molecule has 2 rings (SSSR count). The van der Waals surface area contributed by atoms with E-state index in [9.17, 15) is 26.7 Å². The fraction of sp³-hybridized carbons (Fsp3) is 0.188. The predicted molar refractivity (Wildman–Crippen MR) is 80.5 cm³/mol. The lowest BCUT2D eigenvalue weighted by atomic mass is 10.1. The molecule has 9 heteroatoms. The largest absolute Gasteiger partial charge is 0.484 e. The van der Waals surface area contributed by atoms with Gasteiger partial charge in [0, 0.05) is 6.54 Å². The highest BCUT2D eigenvalue weighted by Crippen LogP contribution is 2.21. The van der Waals surface area contributed by atoms with Crippen LogP contribution in [-0.2, 0) is 6.54 Å². The monoisotopic (exact) mass is 379 g/mol. The molecule has 134 valence electrons. The Labute approximate surface area is 144 Å². The summed E-state index contributed by atoms with van der Waals surface area (Å²) < 4.78 is 67.2. The lowest BCUT2D eigenvalue weighted by molar-refractivity contribution is -0.153. The van der Waals surface area contributed by atoms with Crippen LogP contribution >= 0.6 is 11.6 Å². The molecular formula is C16H11ClF5NO2. The highest BCUT2D eigenvalue weighted by molar-refractivity contribution is 6.33. The molecule has 0 aromatic heterocycles. The van der Waals surface area contributed by atoms with E-state index in [4.69, 9.17) is 11.6 Å². The maximum atomic E-state index is 13.2. The minimum Gasteiger partial charge on any atom is -0.484 e. The molecule has 3 nitrogen and oxygen atoms in total. The number of carbonyl (C=O) groups is 1. The van der Waals surface area contributed by atoms with Gasteiger partial charge in [-0.1, -0.05) is 23.7 Å². The first kappa shape index (κ1) is 19.0. The lowest BCUT2D eigenvalue weighted by Gasteiger charge is -2.11. The van der Waals surface area contributed by atoms with Crippen molar-refractivity contribution in [3.8, 4) is 5.75 Å². The molecule has 0 heterocycles.